The first-order valence-corrected chi connectivity index (χ1v) is 6.74. The van der Waals surface area contributed by atoms with Gasteiger partial charge < -0.3 is 19.6 Å². The van der Waals surface area contributed by atoms with Gasteiger partial charge in [-0.3, -0.25) is 9.59 Å². The molecule has 1 N–H and O–H groups in total. The zero-order valence-corrected chi connectivity index (χ0v) is 12.2. The van der Waals surface area contributed by atoms with Gasteiger partial charge in [0.2, 0.25) is 0 Å². The first-order valence-electron chi connectivity index (χ1n) is 6.74. The van der Waals surface area contributed by atoms with Crippen molar-refractivity contribution in [3.63, 3.8) is 0 Å². The Hall–Kier alpha value is -1.79. The molecule has 2 atom stereocenters. The van der Waals surface area contributed by atoms with Crippen LogP contribution in [0.3, 0.4) is 0 Å². The normalized spacial score (nSPS) is 21.6. The monoisotopic (exact) mass is 286 g/mol. The molecular weight excluding hydrogens is 264 g/mol. The summed E-state index contributed by atoms with van der Waals surface area (Å²) in [7, 11) is 1.27. The molecule has 1 heterocycles. The number of carboxylic acid groups (broad SMARTS) is 1. The van der Waals surface area contributed by atoms with E-state index in [0.717, 1.165) is 0 Å². The quantitative estimate of drug-likeness (QED) is 0.750. The van der Waals surface area contributed by atoms with Crippen LogP contribution in [0.2, 0.25) is 0 Å². The number of hydrogen-bond acceptors (Lipinski definition) is 4. The Kier molecular flexibility index (Phi) is 5.79. The highest BCUT2D eigenvalue weighted by molar-refractivity contribution is 5.82. The van der Waals surface area contributed by atoms with E-state index < -0.39 is 17.9 Å². The van der Waals surface area contributed by atoms with Crippen molar-refractivity contribution in [2.45, 2.75) is 20.3 Å². The molecule has 0 aromatic rings. The van der Waals surface area contributed by atoms with Gasteiger partial charge in [-0.2, -0.15) is 0 Å². The van der Waals surface area contributed by atoms with Crippen molar-refractivity contribution in [3.05, 3.63) is 0 Å². The lowest BCUT2D eigenvalue weighted by atomic mass is 9.99. The SMILES string of the molecule is CCCN(CC(=O)OC)C(=O)N1CC(C)C(C(=O)O)C1. The van der Waals surface area contributed by atoms with E-state index in [-0.39, 0.29) is 25.0 Å². The summed E-state index contributed by atoms with van der Waals surface area (Å²) in [6, 6.07) is -0.298. The lowest BCUT2D eigenvalue weighted by molar-refractivity contribution is -0.143. The highest BCUT2D eigenvalue weighted by atomic mass is 16.5. The molecule has 1 aliphatic rings. The van der Waals surface area contributed by atoms with Crippen LogP contribution in [0.15, 0.2) is 0 Å². The Balaban J connectivity index is 2.70. The fraction of sp³-hybridized carbons (Fsp3) is 0.769. The zero-order valence-electron chi connectivity index (χ0n) is 12.2. The summed E-state index contributed by atoms with van der Waals surface area (Å²) in [6.07, 6.45) is 0.717. The van der Waals surface area contributed by atoms with Crippen LogP contribution in [0.25, 0.3) is 0 Å². The number of rotatable bonds is 5. The average Bonchev–Trinajstić information content (AvgIpc) is 2.79. The van der Waals surface area contributed by atoms with Crippen molar-refractivity contribution in [1.29, 1.82) is 0 Å². The Bertz CT molecular complexity index is 385. The van der Waals surface area contributed by atoms with Crippen molar-refractivity contribution in [2.24, 2.45) is 11.8 Å². The molecule has 0 aliphatic carbocycles. The van der Waals surface area contributed by atoms with Gasteiger partial charge in [-0.05, 0) is 12.3 Å². The zero-order chi connectivity index (χ0) is 15.3. The summed E-state index contributed by atoms with van der Waals surface area (Å²) in [5.74, 6) is -1.99. The van der Waals surface area contributed by atoms with E-state index in [2.05, 4.69) is 4.74 Å². The molecule has 114 valence electrons. The van der Waals surface area contributed by atoms with E-state index in [1.54, 1.807) is 0 Å². The first-order chi connectivity index (χ1) is 9.40. The van der Waals surface area contributed by atoms with Gasteiger partial charge >= 0.3 is 18.0 Å². The van der Waals surface area contributed by atoms with Crippen LogP contribution in [-0.2, 0) is 14.3 Å². The van der Waals surface area contributed by atoms with Crippen molar-refractivity contribution in [2.75, 3.05) is 33.3 Å². The number of carboxylic acids is 1. The lowest BCUT2D eigenvalue weighted by Crippen LogP contribution is -2.45. The van der Waals surface area contributed by atoms with Gasteiger partial charge in [0.25, 0.3) is 0 Å². The molecule has 1 saturated heterocycles. The van der Waals surface area contributed by atoms with Gasteiger partial charge in [0.15, 0.2) is 0 Å². The van der Waals surface area contributed by atoms with E-state index in [4.69, 9.17) is 5.11 Å². The minimum absolute atomic E-state index is 0.0851. The van der Waals surface area contributed by atoms with Crippen LogP contribution in [0.1, 0.15) is 20.3 Å². The van der Waals surface area contributed by atoms with Crippen LogP contribution in [0.4, 0.5) is 4.79 Å². The van der Waals surface area contributed by atoms with Crippen molar-refractivity contribution < 1.29 is 24.2 Å². The minimum atomic E-state index is -0.886. The third-order valence-electron chi connectivity index (χ3n) is 3.51. The fourth-order valence-corrected chi connectivity index (χ4v) is 2.38. The Morgan fingerprint density at radius 2 is 2.00 bits per heavy atom. The standard InChI is InChI=1S/C13H22N2O5/c1-4-5-14(8-11(16)20-3)13(19)15-6-9(2)10(7-15)12(17)18/h9-10H,4-8H2,1-3H3,(H,17,18). The molecule has 2 unspecified atom stereocenters. The summed E-state index contributed by atoms with van der Waals surface area (Å²) in [4.78, 5) is 37.7. The number of carbonyl (C=O) groups is 3. The largest absolute Gasteiger partial charge is 0.481 e. The van der Waals surface area contributed by atoms with Gasteiger partial charge in [0.05, 0.1) is 13.0 Å². The van der Waals surface area contributed by atoms with Crippen LogP contribution < -0.4 is 0 Å². The van der Waals surface area contributed by atoms with E-state index in [1.165, 1.54) is 16.9 Å². The van der Waals surface area contributed by atoms with Crippen LogP contribution in [0, 0.1) is 11.8 Å². The maximum absolute atomic E-state index is 12.4. The van der Waals surface area contributed by atoms with E-state index in [9.17, 15) is 14.4 Å². The van der Waals surface area contributed by atoms with E-state index >= 15 is 0 Å². The third kappa shape index (κ3) is 3.85. The Labute approximate surface area is 118 Å². The highest BCUT2D eigenvalue weighted by Gasteiger charge is 2.38. The summed E-state index contributed by atoms with van der Waals surface area (Å²) in [5, 5.41) is 9.08. The second kappa shape index (κ2) is 7.12. The molecule has 7 nitrogen and oxygen atoms in total. The number of esters is 1. The number of likely N-dealkylation sites (tertiary alicyclic amines) is 1. The first kappa shape index (κ1) is 16.3. The van der Waals surface area contributed by atoms with Crippen LogP contribution in [-0.4, -0.2) is 66.2 Å². The van der Waals surface area contributed by atoms with Crippen molar-refractivity contribution >= 4 is 18.0 Å². The molecule has 2 amide bonds. The number of urea groups is 1. The number of nitrogens with zero attached hydrogens (tertiary/aromatic N) is 2. The van der Waals surface area contributed by atoms with Crippen molar-refractivity contribution in [3.8, 4) is 0 Å². The van der Waals surface area contributed by atoms with E-state index in [1.807, 2.05) is 13.8 Å². The van der Waals surface area contributed by atoms with Crippen LogP contribution in [0.5, 0.6) is 0 Å². The average molecular weight is 286 g/mol. The molecule has 0 aromatic heterocycles. The number of aliphatic carboxylic acids is 1. The lowest BCUT2D eigenvalue weighted by Gasteiger charge is -2.26. The molecule has 1 rings (SSSR count). The number of methoxy groups -OCH3 is 1. The molecule has 7 heteroatoms. The smallest absolute Gasteiger partial charge is 0.325 e. The fourth-order valence-electron chi connectivity index (χ4n) is 2.38. The van der Waals surface area contributed by atoms with E-state index in [0.29, 0.717) is 19.5 Å². The second-order valence-electron chi connectivity index (χ2n) is 5.11. The molecule has 0 spiro atoms. The van der Waals surface area contributed by atoms with Crippen molar-refractivity contribution in [1.82, 2.24) is 9.80 Å². The topological polar surface area (TPSA) is 87.2 Å². The maximum atomic E-state index is 12.4. The predicted octanol–water partition coefficient (Wildman–Crippen LogP) is 0.644. The van der Waals surface area contributed by atoms with Gasteiger partial charge in [0.1, 0.15) is 6.54 Å². The molecule has 0 radical (unpaired) electrons. The summed E-state index contributed by atoms with van der Waals surface area (Å²) >= 11 is 0. The maximum Gasteiger partial charge on any atom is 0.325 e. The third-order valence-corrected chi connectivity index (χ3v) is 3.51. The molecule has 0 saturated carbocycles. The van der Waals surface area contributed by atoms with Gasteiger partial charge in [-0.15, -0.1) is 0 Å². The molecule has 1 fully saturated rings. The summed E-state index contributed by atoms with van der Waals surface area (Å²) < 4.78 is 4.57. The number of ether oxygens (including phenoxy) is 1. The molecule has 0 aromatic carbocycles. The highest BCUT2D eigenvalue weighted by Crippen LogP contribution is 2.24. The van der Waals surface area contributed by atoms with Gasteiger partial charge in [-0.1, -0.05) is 13.8 Å². The number of carbonyl (C=O) groups excluding carboxylic acids is 2. The van der Waals surface area contributed by atoms with Crippen LogP contribution >= 0.6 is 0 Å². The predicted molar refractivity (Wildman–Crippen MR) is 71.1 cm³/mol. The Morgan fingerprint density at radius 3 is 2.45 bits per heavy atom. The summed E-state index contributed by atoms with van der Waals surface area (Å²) in [5.41, 5.74) is 0. The molecular formula is C13H22N2O5. The number of hydrogen-bond donors (Lipinski definition) is 1. The Morgan fingerprint density at radius 1 is 1.35 bits per heavy atom. The summed E-state index contributed by atoms with van der Waals surface area (Å²) in [6.45, 7) is 4.65. The molecule has 0 bridgehead atoms. The van der Waals surface area contributed by atoms with Gasteiger partial charge in [0, 0.05) is 19.6 Å². The minimum Gasteiger partial charge on any atom is -0.481 e. The molecule has 1 aliphatic heterocycles. The second-order valence-corrected chi connectivity index (χ2v) is 5.11. The molecule has 20 heavy (non-hydrogen) atoms. The number of amides is 2. The van der Waals surface area contributed by atoms with Gasteiger partial charge in [-0.25, -0.2) is 4.79 Å².